The summed E-state index contributed by atoms with van der Waals surface area (Å²) >= 11 is 0. The van der Waals surface area contributed by atoms with Crippen molar-refractivity contribution in [3.63, 3.8) is 0 Å². The fourth-order valence-corrected chi connectivity index (χ4v) is 3.99. The number of nitrogens with two attached hydrogens (primary N) is 1. The highest BCUT2D eigenvalue weighted by atomic mass is 16.5. The molecule has 1 aliphatic rings. The normalized spacial score (nSPS) is 15.5. The molecule has 4 rings (SSSR count). The van der Waals surface area contributed by atoms with Crippen molar-refractivity contribution in [2.24, 2.45) is 5.73 Å². The van der Waals surface area contributed by atoms with Crippen LogP contribution in [0.15, 0.2) is 66.1 Å². The van der Waals surface area contributed by atoms with Crippen LogP contribution in [0.4, 0.5) is 11.4 Å². The van der Waals surface area contributed by atoms with Crippen LogP contribution >= 0.6 is 0 Å². The van der Waals surface area contributed by atoms with Crippen molar-refractivity contribution < 1.29 is 4.74 Å². The first kappa shape index (κ1) is 18.7. The highest BCUT2D eigenvalue weighted by Gasteiger charge is 2.32. The molecule has 3 aromatic rings. The Kier molecular flexibility index (Phi) is 4.56. The van der Waals surface area contributed by atoms with Crippen LogP contribution in [-0.2, 0) is 0 Å². The molecule has 1 atom stereocenters. The van der Waals surface area contributed by atoms with E-state index in [2.05, 4.69) is 35.2 Å². The van der Waals surface area contributed by atoms with E-state index in [0.29, 0.717) is 11.3 Å². The number of benzene rings is 3. The molecule has 3 aromatic carbocycles. The Morgan fingerprint density at radius 3 is 2.24 bits per heavy atom. The van der Waals surface area contributed by atoms with Crippen LogP contribution in [0.1, 0.15) is 17.0 Å². The highest BCUT2D eigenvalue weighted by Crippen LogP contribution is 2.46. The third-order valence-corrected chi connectivity index (χ3v) is 5.45. The van der Waals surface area contributed by atoms with E-state index < -0.39 is 0 Å². The number of rotatable bonds is 3. The Hall–Kier alpha value is -3.65. The number of ether oxygens (including phenoxy) is 1. The smallest absolute Gasteiger partial charge is 0.205 e. The molecule has 146 valence electrons. The molecular formula is C24H24N4O. The van der Waals surface area contributed by atoms with Gasteiger partial charge in [-0.15, -0.1) is 0 Å². The fourth-order valence-electron chi connectivity index (χ4n) is 3.99. The second kappa shape index (κ2) is 7.06. The van der Waals surface area contributed by atoms with Gasteiger partial charge < -0.3 is 20.3 Å². The Morgan fingerprint density at radius 1 is 0.897 bits per heavy atom. The lowest BCUT2D eigenvalue weighted by Crippen LogP contribution is -2.22. The summed E-state index contributed by atoms with van der Waals surface area (Å²) in [5.74, 6) is 0.584. The van der Waals surface area contributed by atoms with E-state index in [9.17, 15) is 5.26 Å². The number of nitriles is 1. The van der Waals surface area contributed by atoms with Gasteiger partial charge in [0.05, 0.1) is 5.92 Å². The average Bonchev–Trinajstić information content (AvgIpc) is 2.71. The summed E-state index contributed by atoms with van der Waals surface area (Å²) in [4.78, 5) is 4.11. The summed E-state index contributed by atoms with van der Waals surface area (Å²) in [7, 11) is 8.03. The van der Waals surface area contributed by atoms with Crippen LogP contribution in [0, 0.1) is 11.3 Å². The van der Waals surface area contributed by atoms with Gasteiger partial charge in [-0.05, 0) is 23.1 Å². The molecule has 0 saturated heterocycles. The maximum atomic E-state index is 9.89. The number of hydrogen-bond donors (Lipinski definition) is 1. The van der Waals surface area contributed by atoms with Gasteiger partial charge in [0, 0.05) is 56.6 Å². The summed E-state index contributed by atoms with van der Waals surface area (Å²) in [5.41, 5.74) is 10.8. The maximum absolute atomic E-state index is 9.89. The summed E-state index contributed by atoms with van der Waals surface area (Å²) in [6.07, 6.45) is 0. The van der Waals surface area contributed by atoms with Crippen LogP contribution < -0.4 is 20.3 Å². The van der Waals surface area contributed by atoms with Crippen molar-refractivity contribution in [3.8, 4) is 11.8 Å². The second-order valence-electron chi connectivity index (χ2n) is 7.66. The zero-order valence-electron chi connectivity index (χ0n) is 17.1. The first-order valence-corrected chi connectivity index (χ1v) is 9.50. The van der Waals surface area contributed by atoms with Crippen molar-refractivity contribution >= 4 is 22.1 Å². The minimum Gasteiger partial charge on any atom is -0.440 e. The summed E-state index contributed by atoms with van der Waals surface area (Å²) in [6, 6.07) is 20.8. The molecule has 2 N–H and O–H groups in total. The van der Waals surface area contributed by atoms with E-state index in [1.54, 1.807) is 0 Å². The standard InChI is InChI=1S/C24H24N4O/c1-27(2)15-9-10-19-22(13-15)29-24(26)20(14-25)23(19)18-11-12-21(28(3)4)17-8-6-5-7-16(17)18/h5-13,23H,26H2,1-4H3. The zero-order valence-corrected chi connectivity index (χ0v) is 17.1. The Labute approximate surface area is 171 Å². The molecule has 0 spiro atoms. The molecule has 5 heteroatoms. The Morgan fingerprint density at radius 2 is 1.59 bits per heavy atom. The minimum atomic E-state index is -0.277. The molecular weight excluding hydrogens is 360 g/mol. The molecule has 1 heterocycles. The first-order valence-electron chi connectivity index (χ1n) is 9.50. The van der Waals surface area contributed by atoms with Gasteiger partial charge in [-0.3, -0.25) is 0 Å². The number of fused-ring (bicyclic) bond motifs is 2. The molecule has 1 unspecified atom stereocenters. The lowest BCUT2D eigenvalue weighted by Gasteiger charge is -2.29. The van der Waals surface area contributed by atoms with Gasteiger partial charge in [0.25, 0.3) is 0 Å². The monoisotopic (exact) mass is 384 g/mol. The topological polar surface area (TPSA) is 65.5 Å². The quantitative estimate of drug-likeness (QED) is 0.733. The van der Waals surface area contributed by atoms with Gasteiger partial charge >= 0.3 is 0 Å². The number of allylic oxidation sites excluding steroid dienone is 1. The zero-order chi connectivity index (χ0) is 20.7. The van der Waals surface area contributed by atoms with Crippen molar-refractivity contribution in [2.75, 3.05) is 38.0 Å². The molecule has 1 aliphatic heterocycles. The van der Waals surface area contributed by atoms with Crippen molar-refractivity contribution in [1.29, 1.82) is 5.26 Å². The SMILES string of the molecule is CN(C)c1ccc2c(c1)OC(N)=C(C#N)C2c1ccc(N(C)C)c2ccccc12. The largest absolute Gasteiger partial charge is 0.440 e. The summed E-state index contributed by atoms with van der Waals surface area (Å²) in [5, 5.41) is 12.1. The molecule has 0 aliphatic carbocycles. The van der Waals surface area contributed by atoms with Gasteiger partial charge in [0.15, 0.2) is 0 Å². The van der Waals surface area contributed by atoms with Gasteiger partial charge in [0.2, 0.25) is 5.88 Å². The van der Waals surface area contributed by atoms with Crippen LogP contribution in [0.25, 0.3) is 10.8 Å². The Bertz CT molecular complexity index is 1170. The lowest BCUT2D eigenvalue weighted by atomic mass is 9.81. The van der Waals surface area contributed by atoms with E-state index in [4.69, 9.17) is 10.5 Å². The van der Waals surface area contributed by atoms with Crippen LogP contribution in [0.3, 0.4) is 0 Å². The molecule has 5 nitrogen and oxygen atoms in total. The van der Waals surface area contributed by atoms with Crippen LogP contribution in [0.2, 0.25) is 0 Å². The van der Waals surface area contributed by atoms with E-state index >= 15 is 0 Å². The summed E-state index contributed by atoms with van der Waals surface area (Å²) < 4.78 is 5.85. The lowest BCUT2D eigenvalue weighted by molar-refractivity contribution is 0.394. The fraction of sp³-hybridized carbons (Fsp3) is 0.208. The van der Waals surface area contributed by atoms with Crippen molar-refractivity contribution in [3.05, 3.63) is 77.2 Å². The van der Waals surface area contributed by atoms with Crippen molar-refractivity contribution in [1.82, 2.24) is 0 Å². The number of anilines is 2. The number of nitrogens with zero attached hydrogens (tertiary/aromatic N) is 3. The van der Waals surface area contributed by atoms with E-state index in [-0.39, 0.29) is 11.8 Å². The van der Waals surface area contributed by atoms with Gasteiger partial charge in [-0.2, -0.15) is 5.26 Å². The predicted molar refractivity (Wildman–Crippen MR) is 118 cm³/mol. The number of hydrogen-bond acceptors (Lipinski definition) is 5. The molecule has 0 saturated carbocycles. The molecule has 0 amide bonds. The molecule has 0 fully saturated rings. The first-order chi connectivity index (χ1) is 13.9. The van der Waals surface area contributed by atoms with Gasteiger partial charge in [-0.25, -0.2) is 0 Å². The minimum absolute atomic E-state index is 0.168. The van der Waals surface area contributed by atoms with Crippen molar-refractivity contribution in [2.45, 2.75) is 5.92 Å². The second-order valence-corrected chi connectivity index (χ2v) is 7.66. The predicted octanol–water partition coefficient (Wildman–Crippen LogP) is 4.19. The molecule has 0 radical (unpaired) electrons. The molecule has 0 aromatic heterocycles. The molecule has 29 heavy (non-hydrogen) atoms. The average molecular weight is 384 g/mol. The highest BCUT2D eigenvalue weighted by molar-refractivity contribution is 5.97. The van der Waals surface area contributed by atoms with Gasteiger partial charge in [0.1, 0.15) is 17.4 Å². The van der Waals surface area contributed by atoms with E-state index in [1.807, 2.05) is 63.4 Å². The molecule has 0 bridgehead atoms. The van der Waals surface area contributed by atoms with Crippen LogP contribution in [0.5, 0.6) is 5.75 Å². The Balaban J connectivity index is 2.00. The van der Waals surface area contributed by atoms with E-state index in [1.165, 1.54) is 0 Å². The van der Waals surface area contributed by atoms with E-state index in [0.717, 1.165) is 33.3 Å². The summed E-state index contributed by atoms with van der Waals surface area (Å²) in [6.45, 7) is 0. The third-order valence-electron chi connectivity index (χ3n) is 5.45. The van der Waals surface area contributed by atoms with Crippen LogP contribution in [-0.4, -0.2) is 28.2 Å². The maximum Gasteiger partial charge on any atom is 0.205 e. The van der Waals surface area contributed by atoms with Gasteiger partial charge in [-0.1, -0.05) is 36.4 Å². The third kappa shape index (κ3) is 3.03.